The predicted octanol–water partition coefficient (Wildman–Crippen LogP) is 9.65. The highest BCUT2D eigenvalue weighted by Crippen LogP contribution is 2.39. The number of nitrogens with two attached hydrogens (primary N) is 1. The Bertz CT molecular complexity index is 1970. The fourth-order valence-corrected chi connectivity index (χ4v) is 6.25. The van der Waals surface area contributed by atoms with Crippen molar-refractivity contribution in [1.82, 2.24) is 5.32 Å². The van der Waals surface area contributed by atoms with E-state index in [9.17, 15) is 0 Å². The van der Waals surface area contributed by atoms with E-state index in [1.807, 2.05) is 30.3 Å². The Morgan fingerprint density at radius 3 is 2.05 bits per heavy atom. The third kappa shape index (κ3) is 5.70. The van der Waals surface area contributed by atoms with Gasteiger partial charge in [-0.2, -0.15) is 0 Å². The van der Waals surface area contributed by atoms with Crippen LogP contribution in [-0.2, 0) is 0 Å². The summed E-state index contributed by atoms with van der Waals surface area (Å²) in [7, 11) is 0. The normalized spacial score (nSPS) is 16.2. The van der Waals surface area contributed by atoms with Gasteiger partial charge < -0.3 is 11.1 Å². The topological polar surface area (TPSA) is 50.4 Å². The van der Waals surface area contributed by atoms with Gasteiger partial charge in [-0.25, -0.2) is 0 Å². The Balaban J connectivity index is 1.21. The molecule has 6 aromatic rings. The molecule has 3 heteroatoms. The second-order valence-electron chi connectivity index (χ2n) is 11.4. The fourth-order valence-electron chi connectivity index (χ4n) is 6.25. The minimum Gasteiger partial charge on any atom is -0.357 e. The van der Waals surface area contributed by atoms with Crippen LogP contribution in [0.5, 0.6) is 0 Å². The zero-order chi connectivity index (χ0) is 29.7. The van der Waals surface area contributed by atoms with Gasteiger partial charge in [0.05, 0.1) is 6.34 Å². The van der Waals surface area contributed by atoms with Crippen molar-refractivity contribution in [3.63, 3.8) is 0 Å². The Labute approximate surface area is 259 Å². The minimum absolute atomic E-state index is 0.183. The van der Waals surface area contributed by atoms with Crippen molar-refractivity contribution in [1.29, 1.82) is 0 Å². The Morgan fingerprint density at radius 1 is 0.682 bits per heavy atom. The number of allylic oxidation sites excluding steroid dienone is 2. The van der Waals surface area contributed by atoms with Crippen LogP contribution in [0.4, 0.5) is 0 Å². The highest BCUT2D eigenvalue weighted by atomic mass is 15.1. The van der Waals surface area contributed by atoms with Crippen molar-refractivity contribution < 1.29 is 0 Å². The van der Waals surface area contributed by atoms with Crippen LogP contribution in [0.2, 0.25) is 0 Å². The lowest BCUT2D eigenvalue weighted by molar-refractivity contribution is 0.684. The largest absolute Gasteiger partial charge is 0.357 e. The first-order valence-corrected chi connectivity index (χ1v) is 15.3. The average molecular weight is 570 g/mol. The third-order valence-electron chi connectivity index (χ3n) is 8.62. The molecule has 0 fully saturated rings. The molecule has 0 heterocycles. The summed E-state index contributed by atoms with van der Waals surface area (Å²) in [6, 6.07) is 49.0. The van der Waals surface area contributed by atoms with E-state index in [1.165, 1.54) is 49.4 Å². The maximum atomic E-state index is 6.46. The summed E-state index contributed by atoms with van der Waals surface area (Å²) in [5, 5.41) is 8.24. The summed E-state index contributed by atoms with van der Waals surface area (Å²) in [4.78, 5) is 5.15. The molecule has 44 heavy (non-hydrogen) atoms. The van der Waals surface area contributed by atoms with E-state index in [1.54, 1.807) is 6.34 Å². The van der Waals surface area contributed by atoms with Crippen molar-refractivity contribution in [2.75, 3.05) is 0 Å². The van der Waals surface area contributed by atoms with Crippen LogP contribution in [0.3, 0.4) is 0 Å². The zero-order valence-electron chi connectivity index (χ0n) is 24.6. The summed E-state index contributed by atoms with van der Waals surface area (Å²) in [5.74, 6) is 0.325. The van der Waals surface area contributed by atoms with Gasteiger partial charge >= 0.3 is 0 Å². The van der Waals surface area contributed by atoms with Gasteiger partial charge in [-0.3, -0.25) is 4.99 Å². The number of nitrogens with one attached hydrogen (secondary N) is 1. The number of aliphatic imine (C=N–C) groups is 1. The molecule has 6 aromatic carbocycles. The molecule has 0 amide bonds. The number of hydrogen-bond acceptors (Lipinski definition) is 2. The molecule has 0 saturated carbocycles. The molecule has 7 rings (SSSR count). The first kappa shape index (κ1) is 27.6. The molecule has 0 aliphatic heterocycles. The van der Waals surface area contributed by atoms with Crippen molar-refractivity contribution in [2.24, 2.45) is 10.7 Å². The van der Waals surface area contributed by atoms with Crippen LogP contribution in [0.25, 0.3) is 32.7 Å². The molecular formula is C41H35N3. The average Bonchev–Trinajstić information content (AvgIpc) is 3.11. The molecule has 1 aliphatic rings. The molecule has 3 nitrogen and oxygen atoms in total. The van der Waals surface area contributed by atoms with E-state index in [0.717, 1.165) is 12.0 Å². The van der Waals surface area contributed by atoms with Gasteiger partial charge in [-0.05, 0) is 67.4 Å². The van der Waals surface area contributed by atoms with Crippen molar-refractivity contribution in [3.8, 4) is 11.1 Å². The lowest BCUT2D eigenvalue weighted by Crippen LogP contribution is -2.27. The highest BCUT2D eigenvalue weighted by molar-refractivity contribution is 6.09. The van der Waals surface area contributed by atoms with Gasteiger partial charge in [0.2, 0.25) is 0 Å². The number of benzene rings is 6. The minimum atomic E-state index is -0.340. The first-order valence-electron chi connectivity index (χ1n) is 15.3. The van der Waals surface area contributed by atoms with Gasteiger partial charge in [0.25, 0.3) is 0 Å². The quantitative estimate of drug-likeness (QED) is 0.0830. The molecular weight excluding hydrogens is 534 g/mol. The number of rotatable bonds is 8. The third-order valence-corrected chi connectivity index (χ3v) is 8.62. The van der Waals surface area contributed by atoms with Gasteiger partial charge in [0, 0.05) is 5.92 Å². The van der Waals surface area contributed by atoms with Gasteiger partial charge in [0.1, 0.15) is 12.2 Å². The molecule has 214 valence electrons. The van der Waals surface area contributed by atoms with Gasteiger partial charge in [0.15, 0.2) is 0 Å². The zero-order valence-corrected chi connectivity index (χ0v) is 24.6. The SMILES string of the molecule is NC(NC=NC(C1=CCC(c2ccc(-c3ccccc3)cc2)C=C1)c1cc2ccccc2c2ccccc12)c1ccccc1. The summed E-state index contributed by atoms with van der Waals surface area (Å²) in [5.41, 5.74) is 13.7. The van der Waals surface area contributed by atoms with Crippen LogP contribution in [0.15, 0.2) is 168 Å². The smallest absolute Gasteiger partial charge is 0.102 e. The number of fused-ring (bicyclic) bond motifs is 3. The second kappa shape index (κ2) is 12.5. The van der Waals surface area contributed by atoms with E-state index in [4.69, 9.17) is 10.7 Å². The van der Waals surface area contributed by atoms with Crippen molar-refractivity contribution >= 4 is 27.9 Å². The molecule has 3 N–H and O–H groups in total. The molecule has 0 radical (unpaired) electrons. The van der Waals surface area contributed by atoms with Crippen LogP contribution in [-0.4, -0.2) is 6.34 Å². The van der Waals surface area contributed by atoms with E-state index in [2.05, 4.69) is 133 Å². The summed E-state index contributed by atoms with van der Waals surface area (Å²) in [6.45, 7) is 0. The summed E-state index contributed by atoms with van der Waals surface area (Å²) < 4.78 is 0. The maximum absolute atomic E-state index is 6.46. The van der Waals surface area contributed by atoms with Gasteiger partial charge in [-0.15, -0.1) is 0 Å². The van der Waals surface area contributed by atoms with Gasteiger partial charge in [-0.1, -0.05) is 152 Å². The molecule has 3 unspecified atom stereocenters. The molecule has 1 aliphatic carbocycles. The van der Waals surface area contributed by atoms with E-state index in [-0.39, 0.29) is 12.2 Å². The lowest BCUT2D eigenvalue weighted by atomic mass is 9.84. The number of nitrogens with zero attached hydrogens (tertiary/aromatic N) is 1. The molecule has 3 atom stereocenters. The fraction of sp³-hybridized carbons (Fsp3) is 0.0976. The maximum Gasteiger partial charge on any atom is 0.102 e. The monoisotopic (exact) mass is 569 g/mol. The van der Waals surface area contributed by atoms with E-state index in [0.29, 0.717) is 5.92 Å². The standard InChI is InChI=1S/C41H35N3/c42-41(34-13-5-2-6-14-34)44-28-43-40(39-27-35-15-7-8-16-36(35)37-17-9-10-18-38(37)39)33-25-23-32(24-26-33)31-21-19-30(20-22-31)29-11-3-1-4-12-29/h1-23,25-28,32,40-41H,24,42H2,(H,43,44). The van der Waals surface area contributed by atoms with Crippen LogP contribution in [0.1, 0.15) is 41.2 Å². The van der Waals surface area contributed by atoms with Crippen molar-refractivity contribution in [2.45, 2.75) is 24.5 Å². The molecule has 0 saturated heterocycles. The van der Waals surface area contributed by atoms with Crippen LogP contribution >= 0.6 is 0 Å². The van der Waals surface area contributed by atoms with Crippen LogP contribution < -0.4 is 11.1 Å². The first-order chi connectivity index (χ1) is 21.7. The highest BCUT2D eigenvalue weighted by Gasteiger charge is 2.21. The van der Waals surface area contributed by atoms with E-state index >= 15 is 0 Å². The molecule has 0 spiro atoms. The van der Waals surface area contributed by atoms with E-state index < -0.39 is 0 Å². The lowest BCUT2D eigenvalue weighted by Gasteiger charge is -2.23. The summed E-state index contributed by atoms with van der Waals surface area (Å²) in [6.07, 6.45) is 9.33. The Kier molecular flexibility index (Phi) is 7.86. The number of hydrogen-bond donors (Lipinski definition) is 2. The van der Waals surface area contributed by atoms with Crippen molar-refractivity contribution in [3.05, 3.63) is 180 Å². The molecule has 0 aromatic heterocycles. The molecule has 0 bridgehead atoms. The Morgan fingerprint density at radius 2 is 1.32 bits per heavy atom. The predicted molar refractivity (Wildman–Crippen MR) is 186 cm³/mol. The summed E-state index contributed by atoms with van der Waals surface area (Å²) >= 11 is 0. The second-order valence-corrected chi connectivity index (χ2v) is 11.4. The van der Waals surface area contributed by atoms with Crippen LogP contribution in [0, 0.1) is 0 Å². The Hall–Kier alpha value is -5.25.